The molecule has 0 unspecified atom stereocenters. The fourth-order valence-electron chi connectivity index (χ4n) is 3.54. The largest absolute Gasteiger partial charge is 0.326 e. The van der Waals surface area contributed by atoms with E-state index in [1.807, 2.05) is 18.2 Å². The molecule has 144 valence electrons. The van der Waals surface area contributed by atoms with Crippen molar-refractivity contribution in [3.05, 3.63) is 59.2 Å². The van der Waals surface area contributed by atoms with E-state index in [0.29, 0.717) is 13.0 Å². The average molecular weight is 387 g/mol. The Kier molecular flexibility index (Phi) is 5.85. The third-order valence-corrected chi connectivity index (χ3v) is 6.13. The zero-order chi connectivity index (χ0) is 19.4. The third kappa shape index (κ3) is 4.89. The van der Waals surface area contributed by atoms with E-state index in [2.05, 4.69) is 24.4 Å². The van der Waals surface area contributed by atoms with Crippen molar-refractivity contribution in [1.29, 1.82) is 0 Å². The van der Waals surface area contributed by atoms with Crippen LogP contribution in [-0.4, -0.2) is 27.1 Å². The Morgan fingerprint density at radius 2 is 1.96 bits per heavy atom. The van der Waals surface area contributed by atoms with Crippen LogP contribution in [0, 0.1) is 6.92 Å². The number of rotatable bonds is 6. The average Bonchev–Trinajstić information content (AvgIpc) is 2.62. The van der Waals surface area contributed by atoms with Gasteiger partial charge in [0.2, 0.25) is 15.9 Å². The lowest BCUT2D eigenvalue weighted by molar-refractivity contribution is -0.116. The van der Waals surface area contributed by atoms with E-state index >= 15 is 0 Å². The number of hydrogen-bond acceptors (Lipinski definition) is 3. The summed E-state index contributed by atoms with van der Waals surface area (Å²) in [6.45, 7) is 2.60. The number of sulfonamides is 1. The van der Waals surface area contributed by atoms with Crippen molar-refractivity contribution in [3.8, 4) is 0 Å². The van der Waals surface area contributed by atoms with Gasteiger partial charge in [-0.25, -0.2) is 8.42 Å². The molecule has 6 heteroatoms. The summed E-state index contributed by atoms with van der Waals surface area (Å²) in [4.78, 5) is 12.3. The van der Waals surface area contributed by atoms with Crippen molar-refractivity contribution in [2.75, 3.05) is 22.4 Å². The predicted molar refractivity (Wildman–Crippen MR) is 110 cm³/mol. The van der Waals surface area contributed by atoms with E-state index in [-0.39, 0.29) is 5.91 Å². The number of nitrogens with zero attached hydrogens (tertiary/aromatic N) is 1. The normalized spacial score (nSPS) is 13.9. The molecule has 0 fully saturated rings. The maximum absolute atomic E-state index is 12.3. The number of benzene rings is 2. The first kappa shape index (κ1) is 19.4. The predicted octanol–water partition coefficient (Wildman–Crippen LogP) is 3.67. The Labute approximate surface area is 161 Å². The van der Waals surface area contributed by atoms with Crippen LogP contribution in [0.4, 0.5) is 11.4 Å². The molecule has 2 aromatic rings. The van der Waals surface area contributed by atoms with Crippen LogP contribution in [0.2, 0.25) is 0 Å². The molecule has 0 saturated heterocycles. The molecule has 1 heterocycles. The SMILES string of the molecule is Cc1ccccc1CCCC(=O)Nc1ccc2c(c1)CCCN2S(C)(=O)=O. The first-order chi connectivity index (χ1) is 12.8. The number of aryl methyl sites for hydroxylation is 3. The first-order valence-corrected chi connectivity index (χ1v) is 11.1. The summed E-state index contributed by atoms with van der Waals surface area (Å²) in [5.41, 5.74) is 4.94. The van der Waals surface area contributed by atoms with Gasteiger partial charge >= 0.3 is 0 Å². The standard InChI is InChI=1S/C21H26N2O3S/c1-16-7-3-4-8-17(16)9-5-11-21(24)22-19-12-13-20-18(15-19)10-6-14-23(20)27(2,25)26/h3-4,7-8,12-13,15H,5-6,9-11,14H2,1-2H3,(H,22,24). The fourth-order valence-corrected chi connectivity index (χ4v) is 4.53. The highest BCUT2D eigenvalue weighted by Gasteiger charge is 2.24. The summed E-state index contributed by atoms with van der Waals surface area (Å²) in [6, 6.07) is 13.7. The Balaban J connectivity index is 1.59. The van der Waals surface area contributed by atoms with Gasteiger partial charge in [0, 0.05) is 18.7 Å². The monoisotopic (exact) mass is 386 g/mol. The number of anilines is 2. The lowest BCUT2D eigenvalue weighted by Crippen LogP contribution is -2.34. The lowest BCUT2D eigenvalue weighted by atomic mass is 10.0. The smallest absolute Gasteiger partial charge is 0.232 e. The molecule has 1 amide bonds. The molecule has 2 aromatic carbocycles. The van der Waals surface area contributed by atoms with E-state index in [0.717, 1.165) is 42.6 Å². The van der Waals surface area contributed by atoms with Crippen LogP contribution in [0.3, 0.4) is 0 Å². The molecule has 0 aliphatic carbocycles. The molecular weight excluding hydrogens is 360 g/mol. The molecule has 1 aliphatic rings. The number of carbonyl (C=O) groups excluding carboxylic acids is 1. The molecule has 1 aliphatic heterocycles. The first-order valence-electron chi connectivity index (χ1n) is 9.29. The van der Waals surface area contributed by atoms with Crippen molar-refractivity contribution in [3.63, 3.8) is 0 Å². The molecule has 5 nitrogen and oxygen atoms in total. The number of carbonyl (C=O) groups is 1. The summed E-state index contributed by atoms with van der Waals surface area (Å²) < 4.78 is 25.3. The minimum absolute atomic E-state index is 0.0145. The maximum Gasteiger partial charge on any atom is 0.232 e. The summed E-state index contributed by atoms with van der Waals surface area (Å²) in [5, 5.41) is 2.94. The van der Waals surface area contributed by atoms with Gasteiger partial charge in [-0.15, -0.1) is 0 Å². The molecule has 0 saturated carbocycles. The van der Waals surface area contributed by atoms with Gasteiger partial charge in [0.05, 0.1) is 11.9 Å². The van der Waals surface area contributed by atoms with Crippen LogP contribution in [-0.2, 0) is 27.7 Å². The number of amides is 1. The Bertz CT molecular complexity index is 938. The zero-order valence-corrected chi connectivity index (χ0v) is 16.7. The van der Waals surface area contributed by atoms with E-state index in [1.165, 1.54) is 21.7 Å². The van der Waals surface area contributed by atoms with Gasteiger partial charge in [0.1, 0.15) is 0 Å². The van der Waals surface area contributed by atoms with Crippen LogP contribution in [0.5, 0.6) is 0 Å². The fraction of sp³-hybridized carbons (Fsp3) is 0.381. The highest BCUT2D eigenvalue weighted by atomic mass is 32.2. The van der Waals surface area contributed by atoms with Gasteiger partial charge in [-0.05, 0) is 67.5 Å². The second kappa shape index (κ2) is 8.13. The van der Waals surface area contributed by atoms with Crippen molar-refractivity contribution < 1.29 is 13.2 Å². The van der Waals surface area contributed by atoms with Crippen LogP contribution < -0.4 is 9.62 Å². The van der Waals surface area contributed by atoms with Gasteiger partial charge in [0.25, 0.3) is 0 Å². The topological polar surface area (TPSA) is 66.5 Å². The van der Waals surface area contributed by atoms with Gasteiger partial charge in [-0.2, -0.15) is 0 Å². The van der Waals surface area contributed by atoms with Crippen molar-refractivity contribution in [1.82, 2.24) is 0 Å². The summed E-state index contributed by atoms with van der Waals surface area (Å²) in [7, 11) is -3.27. The quantitative estimate of drug-likeness (QED) is 0.824. The lowest BCUT2D eigenvalue weighted by Gasteiger charge is -2.29. The molecule has 0 aromatic heterocycles. The highest BCUT2D eigenvalue weighted by molar-refractivity contribution is 7.92. The van der Waals surface area contributed by atoms with Crippen LogP contribution in [0.15, 0.2) is 42.5 Å². The van der Waals surface area contributed by atoms with E-state index < -0.39 is 10.0 Å². The molecule has 27 heavy (non-hydrogen) atoms. The van der Waals surface area contributed by atoms with E-state index in [9.17, 15) is 13.2 Å². The van der Waals surface area contributed by atoms with Gasteiger partial charge in [-0.1, -0.05) is 24.3 Å². The molecule has 3 rings (SSSR count). The van der Waals surface area contributed by atoms with Gasteiger partial charge in [-0.3, -0.25) is 9.10 Å². The molecule has 1 N–H and O–H groups in total. The Hall–Kier alpha value is -2.34. The summed E-state index contributed by atoms with van der Waals surface area (Å²) in [5.74, 6) is -0.0145. The van der Waals surface area contributed by atoms with Gasteiger partial charge in [0.15, 0.2) is 0 Å². The van der Waals surface area contributed by atoms with E-state index in [1.54, 1.807) is 12.1 Å². The summed E-state index contributed by atoms with van der Waals surface area (Å²) >= 11 is 0. The molecule has 0 atom stereocenters. The summed E-state index contributed by atoms with van der Waals surface area (Å²) in [6.07, 6.45) is 4.97. The maximum atomic E-state index is 12.3. The molecule has 0 spiro atoms. The zero-order valence-electron chi connectivity index (χ0n) is 15.9. The minimum Gasteiger partial charge on any atom is -0.326 e. The van der Waals surface area contributed by atoms with Crippen LogP contribution in [0.25, 0.3) is 0 Å². The highest BCUT2D eigenvalue weighted by Crippen LogP contribution is 2.31. The molecular formula is C21H26N2O3S. The second-order valence-electron chi connectivity index (χ2n) is 7.11. The number of hydrogen-bond donors (Lipinski definition) is 1. The van der Waals surface area contributed by atoms with Crippen molar-refractivity contribution in [2.24, 2.45) is 0 Å². The van der Waals surface area contributed by atoms with Gasteiger partial charge < -0.3 is 5.32 Å². The third-order valence-electron chi connectivity index (χ3n) is 4.95. The number of fused-ring (bicyclic) bond motifs is 1. The minimum atomic E-state index is -3.27. The molecule has 0 bridgehead atoms. The van der Waals surface area contributed by atoms with Crippen LogP contribution >= 0.6 is 0 Å². The van der Waals surface area contributed by atoms with Crippen LogP contribution in [0.1, 0.15) is 36.0 Å². The second-order valence-corrected chi connectivity index (χ2v) is 9.02. The van der Waals surface area contributed by atoms with Crippen molar-refractivity contribution in [2.45, 2.75) is 39.0 Å². The number of nitrogens with one attached hydrogen (secondary N) is 1. The Morgan fingerprint density at radius 3 is 2.70 bits per heavy atom. The molecule has 0 radical (unpaired) electrons. The van der Waals surface area contributed by atoms with E-state index in [4.69, 9.17) is 0 Å². The Morgan fingerprint density at radius 1 is 1.19 bits per heavy atom. The van der Waals surface area contributed by atoms with Crippen molar-refractivity contribution >= 4 is 27.3 Å².